The highest BCUT2D eigenvalue weighted by molar-refractivity contribution is 6.36. The van der Waals surface area contributed by atoms with Gasteiger partial charge < -0.3 is 10.2 Å². The van der Waals surface area contributed by atoms with Crippen molar-refractivity contribution < 1.29 is 9.34 Å². The van der Waals surface area contributed by atoms with Gasteiger partial charge in [-0.3, -0.25) is 14.5 Å². The molecule has 7 nitrogen and oxygen atoms in total. The standard InChI is InChI=1S/C11H6Cl2N4O3/c12-5-3-6(13)11-15-9(10(14)16(11)4-5)7-1-2-8(20-7)17(18)19/h1-4H,14H2. The Hall–Kier alpha value is -2.25. The number of nitrogens with zero attached hydrogens (tertiary/aromatic N) is 3. The van der Waals surface area contributed by atoms with Gasteiger partial charge in [-0.25, -0.2) is 4.98 Å². The van der Waals surface area contributed by atoms with E-state index < -0.39 is 4.92 Å². The maximum atomic E-state index is 10.6. The minimum absolute atomic E-state index is 0.185. The normalized spacial score (nSPS) is 11.1. The van der Waals surface area contributed by atoms with Crippen molar-refractivity contribution in [1.29, 1.82) is 0 Å². The molecule has 9 heteroatoms. The number of imidazole rings is 1. The molecule has 0 radical (unpaired) electrons. The number of anilines is 1. The quantitative estimate of drug-likeness (QED) is 0.577. The molecule has 20 heavy (non-hydrogen) atoms. The van der Waals surface area contributed by atoms with Crippen LogP contribution >= 0.6 is 23.2 Å². The molecule has 0 unspecified atom stereocenters. The summed E-state index contributed by atoms with van der Waals surface area (Å²) in [6.07, 6.45) is 1.55. The lowest BCUT2D eigenvalue weighted by Crippen LogP contribution is -1.94. The van der Waals surface area contributed by atoms with Crippen LogP contribution < -0.4 is 5.73 Å². The maximum absolute atomic E-state index is 10.6. The van der Waals surface area contributed by atoms with Crippen molar-refractivity contribution in [3.8, 4) is 11.5 Å². The van der Waals surface area contributed by atoms with Gasteiger partial charge in [0.15, 0.2) is 11.4 Å². The molecule has 0 bridgehead atoms. The zero-order chi connectivity index (χ0) is 14.4. The van der Waals surface area contributed by atoms with Crippen LogP contribution in [0.4, 0.5) is 11.7 Å². The van der Waals surface area contributed by atoms with Crippen LogP contribution in [-0.2, 0) is 0 Å². The molecule has 0 amide bonds. The van der Waals surface area contributed by atoms with Crippen LogP contribution in [0.3, 0.4) is 0 Å². The second-order valence-electron chi connectivity index (χ2n) is 3.94. The Morgan fingerprint density at radius 3 is 2.80 bits per heavy atom. The average molecular weight is 313 g/mol. The van der Waals surface area contributed by atoms with Gasteiger partial charge in [0.05, 0.1) is 16.1 Å². The van der Waals surface area contributed by atoms with E-state index in [4.69, 9.17) is 33.4 Å². The molecule has 0 saturated heterocycles. The highest BCUT2D eigenvalue weighted by Gasteiger charge is 2.20. The number of halogens is 2. The Balaban J connectivity index is 2.23. The van der Waals surface area contributed by atoms with Gasteiger partial charge in [-0.2, -0.15) is 0 Å². The molecule has 0 aliphatic rings. The third kappa shape index (κ3) is 1.87. The molecule has 3 aromatic heterocycles. The van der Waals surface area contributed by atoms with Gasteiger partial charge in [0.25, 0.3) is 0 Å². The first-order valence-electron chi connectivity index (χ1n) is 5.34. The first-order valence-corrected chi connectivity index (χ1v) is 6.10. The van der Waals surface area contributed by atoms with Crippen LogP contribution in [0.25, 0.3) is 17.1 Å². The fourth-order valence-corrected chi connectivity index (χ4v) is 2.34. The molecule has 2 N–H and O–H groups in total. The molecule has 102 valence electrons. The number of furan rings is 1. The van der Waals surface area contributed by atoms with Gasteiger partial charge in [0.1, 0.15) is 16.4 Å². The lowest BCUT2D eigenvalue weighted by Gasteiger charge is -1.99. The molecule has 3 aromatic rings. The Bertz CT molecular complexity index is 840. The van der Waals surface area contributed by atoms with Crippen molar-refractivity contribution in [2.75, 3.05) is 5.73 Å². The molecule has 3 rings (SSSR count). The first kappa shape index (κ1) is 12.8. The molecule has 0 saturated carbocycles. The van der Waals surface area contributed by atoms with E-state index >= 15 is 0 Å². The summed E-state index contributed by atoms with van der Waals surface area (Å²) in [4.78, 5) is 14.2. The van der Waals surface area contributed by atoms with E-state index in [2.05, 4.69) is 4.98 Å². The second-order valence-corrected chi connectivity index (χ2v) is 4.78. The van der Waals surface area contributed by atoms with Gasteiger partial charge in [0.2, 0.25) is 0 Å². The number of hydrogen-bond donors (Lipinski definition) is 1. The van der Waals surface area contributed by atoms with Crippen LogP contribution in [0.1, 0.15) is 0 Å². The van der Waals surface area contributed by atoms with Gasteiger partial charge in [0, 0.05) is 6.20 Å². The van der Waals surface area contributed by atoms with E-state index in [0.717, 1.165) is 0 Å². The number of nitrogens with two attached hydrogens (primary N) is 1. The Morgan fingerprint density at radius 2 is 2.15 bits per heavy atom. The molecule has 0 aliphatic heterocycles. The van der Waals surface area contributed by atoms with E-state index in [0.29, 0.717) is 15.7 Å². The van der Waals surface area contributed by atoms with Crippen LogP contribution in [0.15, 0.2) is 28.8 Å². The topological polar surface area (TPSA) is 99.6 Å². The summed E-state index contributed by atoms with van der Waals surface area (Å²) in [5.74, 6) is 0.0272. The van der Waals surface area contributed by atoms with E-state index in [1.807, 2.05) is 0 Å². The predicted molar refractivity (Wildman–Crippen MR) is 74.0 cm³/mol. The van der Waals surface area contributed by atoms with E-state index in [9.17, 15) is 10.1 Å². The van der Waals surface area contributed by atoms with Crippen LogP contribution in [0.2, 0.25) is 10.0 Å². The first-order chi connectivity index (χ1) is 9.47. The molecule has 0 aliphatic carbocycles. The number of aromatic nitrogens is 2. The predicted octanol–water partition coefficient (Wildman–Crippen LogP) is 3.39. The summed E-state index contributed by atoms with van der Waals surface area (Å²) in [7, 11) is 0. The minimum atomic E-state index is -0.640. The SMILES string of the molecule is Nc1c(-c2ccc([N+](=O)[O-])o2)nc2c(Cl)cc(Cl)cn12. The Labute approximate surface area is 121 Å². The van der Waals surface area contributed by atoms with Gasteiger partial charge in [-0.1, -0.05) is 23.2 Å². The molecular weight excluding hydrogens is 307 g/mol. The van der Waals surface area contributed by atoms with E-state index in [1.54, 1.807) is 6.20 Å². The summed E-state index contributed by atoms with van der Waals surface area (Å²) >= 11 is 11.9. The summed E-state index contributed by atoms with van der Waals surface area (Å²) in [5.41, 5.74) is 6.60. The fourth-order valence-electron chi connectivity index (χ4n) is 1.82. The summed E-state index contributed by atoms with van der Waals surface area (Å²) in [6.45, 7) is 0. The van der Waals surface area contributed by atoms with Crippen molar-refractivity contribution in [3.05, 3.63) is 44.6 Å². The van der Waals surface area contributed by atoms with Crippen LogP contribution in [-0.4, -0.2) is 14.3 Å². The maximum Gasteiger partial charge on any atom is 0.433 e. The molecular formula is C11H6Cl2N4O3. The lowest BCUT2D eigenvalue weighted by molar-refractivity contribution is -0.401. The highest BCUT2D eigenvalue weighted by Crippen LogP contribution is 2.33. The number of nitro groups is 1. The molecule has 0 atom stereocenters. The summed E-state index contributed by atoms with van der Waals surface area (Å²) in [6, 6.07) is 4.18. The molecule has 0 aromatic carbocycles. The summed E-state index contributed by atoms with van der Waals surface area (Å²) in [5, 5.41) is 11.3. The van der Waals surface area contributed by atoms with Gasteiger partial charge >= 0.3 is 5.88 Å². The highest BCUT2D eigenvalue weighted by atomic mass is 35.5. The molecule has 0 spiro atoms. The number of nitrogen functional groups attached to an aromatic ring is 1. The van der Waals surface area contributed by atoms with Crippen molar-refractivity contribution in [3.63, 3.8) is 0 Å². The van der Waals surface area contributed by atoms with Gasteiger partial charge in [-0.05, 0) is 12.1 Å². The zero-order valence-corrected chi connectivity index (χ0v) is 11.2. The van der Waals surface area contributed by atoms with Crippen molar-refractivity contribution in [1.82, 2.24) is 9.38 Å². The monoisotopic (exact) mass is 312 g/mol. The molecule has 3 heterocycles. The third-order valence-corrected chi connectivity index (χ3v) is 3.17. The van der Waals surface area contributed by atoms with Gasteiger partial charge in [-0.15, -0.1) is 0 Å². The molecule has 0 fully saturated rings. The van der Waals surface area contributed by atoms with E-state index in [1.165, 1.54) is 22.6 Å². The van der Waals surface area contributed by atoms with Crippen molar-refractivity contribution >= 4 is 40.6 Å². The summed E-state index contributed by atoms with van der Waals surface area (Å²) < 4.78 is 6.58. The van der Waals surface area contributed by atoms with Crippen LogP contribution in [0, 0.1) is 10.1 Å². The van der Waals surface area contributed by atoms with E-state index in [-0.39, 0.29) is 23.2 Å². The Kier molecular flexibility index (Phi) is 2.81. The third-order valence-electron chi connectivity index (χ3n) is 2.68. The largest absolute Gasteiger partial charge is 0.433 e. The number of pyridine rings is 1. The van der Waals surface area contributed by atoms with Crippen LogP contribution in [0.5, 0.6) is 0 Å². The number of hydrogen-bond acceptors (Lipinski definition) is 5. The minimum Gasteiger partial charge on any atom is -0.399 e. The zero-order valence-electron chi connectivity index (χ0n) is 9.71. The Morgan fingerprint density at radius 1 is 1.40 bits per heavy atom. The average Bonchev–Trinajstić information content (AvgIpc) is 2.95. The van der Waals surface area contributed by atoms with Crippen molar-refractivity contribution in [2.24, 2.45) is 0 Å². The second kappa shape index (κ2) is 4.39. The fraction of sp³-hybridized carbons (Fsp3) is 0. The smallest absolute Gasteiger partial charge is 0.399 e. The van der Waals surface area contributed by atoms with Crippen molar-refractivity contribution in [2.45, 2.75) is 0 Å². The number of rotatable bonds is 2. The lowest BCUT2D eigenvalue weighted by atomic mass is 10.3. The number of fused-ring (bicyclic) bond motifs is 1.